The summed E-state index contributed by atoms with van der Waals surface area (Å²) in [5.41, 5.74) is -8.14. The van der Waals surface area contributed by atoms with E-state index in [4.69, 9.17) is 33.0 Å². The molecule has 2 bridgehead atoms. The molecule has 402 valence electrons. The number of hydrogen-bond donors (Lipinski definition) is 6. The van der Waals surface area contributed by atoms with E-state index in [-0.39, 0.29) is 34.3 Å². The lowest BCUT2D eigenvalue weighted by Crippen LogP contribution is -2.82. The number of rotatable bonds is 17. The summed E-state index contributed by atoms with van der Waals surface area (Å²) < 4.78 is 67.8. The van der Waals surface area contributed by atoms with E-state index >= 15 is 9.59 Å². The molecule has 2 saturated carbocycles. The Bertz CT molecular complexity index is 2860. The third-order valence-corrected chi connectivity index (χ3v) is 15.3. The van der Waals surface area contributed by atoms with E-state index in [1.165, 1.54) is 64.1 Å². The number of fused-ring (bicyclic) bond motifs is 5. The fourth-order valence-corrected chi connectivity index (χ4v) is 11.4. The molecule has 3 aromatic carbocycles. The highest BCUT2D eigenvalue weighted by molar-refractivity contribution is 7.85. The normalized spacial score (nSPS) is 28.4. The Labute approximate surface area is 431 Å². The number of carbonyl (C=O) groups is 8. The average molecular weight is 1060 g/mol. The van der Waals surface area contributed by atoms with Gasteiger partial charge in [0.15, 0.2) is 17.5 Å². The Morgan fingerprint density at radius 2 is 1.43 bits per heavy atom. The molecule has 1 aliphatic heterocycles. The van der Waals surface area contributed by atoms with Crippen molar-refractivity contribution in [3.05, 3.63) is 119 Å². The van der Waals surface area contributed by atoms with Crippen molar-refractivity contribution in [2.75, 3.05) is 25.6 Å². The van der Waals surface area contributed by atoms with Gasteiger partial charge in [0.2, 0.25) is 12.0 Å². The summed E-state index contributed by atoms with van der Waals surface area (Å²) >= 11 is 0. The lowest BCUT2D eigenvalue weighted by molar-refractivity contribution is -0.346. The first-order valence-electron chi connectivity index (χ1n) is 23.9. The molecule has 22 nitrogen and oxygen atoms in total. The van der Waals surface area contributed by atoms with Gasteiger partial charge in [-0.2, -0.15) is 8.42 Å². The van der Waals surface area contributed by atoms with Crippen LogP contribution in [0.2, 0.25) is 0 Å². The lowest BCUT2D eigenvalue weighted by Gasteiger charge is -2.67. The number of hydrogen-bond acceptors (Lipinski definition) is 19. The largest absolute Gasteiger partial charge is 0.455 e. The number of esters is 5. The quantitative estimate of drug-likeness (QED) is 0.0486. The monoisotopic (exact) mass is 1060 g/mol. The second kappa shape index (κ2) is 21.8. The van der Waals surface area contributed by atoms with Crippen LogP contribution in [0.3, 0.4) is 0 Å². The smallest absolute Gasteiger partial charge is 0.350 e. The molecule has 3 fully saturated rings. The number of benzene rings is 3. The van der Waals surface area contributed by atoms with E-state index in [1.807, 2.05) is 0 Å². The molecule has 3 aromatic rings. The van der Waals surface area contributed by atoms with Crippen molar-refractivity contribution in [1.29, 1.82) is 0 Å². The summed E-state index contributed by atoms with van der Waals surface area (Å²) in [6, 6.07) is 21.6. The van der Waals surface area contributed by atoms with E-state index in [0.717, 1.165) is 13.8 Å². The first-order valence-corrected chi connectivity index (χ1v) is 25.5. The van der Waals surface area contributed by atoms with Crippen LogP contribution >= 0.6 is 0 Å². The second-order valence-corrected chi connectivity index (χ2v) is 21.2. The average Bonchev–Trinajstić information content (AvgIpc) is 3.35. The predicted molar refractivity (Wildman–Crippen MR) is 259 cm³/mol. The first-order chi connectivity index (χ1) is 35.2. The number of amides is 2. The summed E-state index contributed by atoms with van der Waals surface area (Å²) in [4.78, 5) is 112. The minimum atomic E-state index is -4.51. The highest BCUT2D eigenvalue weighted by Crippen LogP contribution is 2.64. The van der Waals surface area contributed by atoms with E-state index in [2.05, 4.69) is 16.0 Å². The van der Waals surface area contributed by atoms with Crippen molar-refractivity contribution in [2.45, 2.75) is 108 Å². The third kappa shape index (κ3) is 11.1. The van der Waals surface area contributed by atoms with Crippen LogP contribution in [0, 0.1) is 16.7 Å². The van der Waals surface area contributed by atoms with Gasteiger partial charge >= 0.3 is 29.8 Å². The van der Waals surface area contributed by atoms with E-state index in [9.17, 15) is 47.4 Å². The summed E-state index contributed by atoms with van der Waals surface area (Å²) in [6.07, 6.45) is -11.5. The Kier molecular flexibility index (Phi) is 16.2. The van der Waals surface area contributed by atoms with Gasteiger partial charge in [0.05, 0.1) is 36.2 Å². The molecule has 11 atom stereocenters. The number of ketones is 1. The van der Waals surface area contributed by atoms with Crippen molar-refractivity contribution in [3.63, 3.8) is 0 Å². The molecule has 1 saturated heterocycles. The van der Waals surface area contributed by atoms with Gasteiger partial charge in [-0.25, -0.2) is 9.59 Å². The van der Waals surface area contributed by atoms with Gasteiger partial charge in [-0.05, 0) is 54.8 Å². The van der Waals surface area contributed by atoms with Crippen molar-refractivity contribution < 1.29 is 90.0 Å². The SMILES string of the molecule is CC(=O)O[C@H]1C(=O)[C@@]2(C)C(C(OC(=O)c3ccccc3)[C@]3(O)C[C@H](OC(=O)[C@H](OC(=O)CNC(=O)CNCS(=O)(=O)O)[C@@H](NC(=O)c4ccccc4)c4ccccc4)C(C)=C1C3(C)C)[C@]1(OC(C)=O)CO[C@@H]1C[C@@H]2O. The molecule has 75 heavy (non-hydrogen) atoms. The van der Waals surface area contributed by atoms with Gasteiger partial charge in [0.25, 0.3) is 16.0 Å². The standard InChI is InChI=1S/C52H59N3O19S/c1-28-34(71-48(64)42(72-38(60)25-54-37(59)24-53-27-75(66,67)68)40(31-16-10-7-11-17-31)55-46(62)32-18-12-8-13-19-32)23-52(65)45(73-47(63)33-20-14-9-15-21-33)43-50(6,35(58)22-36-51(43,26-69-36)74-30(3)57)44(61)41(70-29(2)56)39(28)49(52,4)5/h7-21,34-36,40-43,45,53,58,65H,22-27H2,1-6H3,(H,54,59)(H,55,62)(H,66,67,68)/t34-,35-,36+,40-,41+,42+,43?,45?,50+,51-,52+/m0/s1. The molecule has 2 amide bonds. The molecule has 2 unspecified atom stereocenters. The number of Topliss-reactive ketones (excluding diaryl/α,β-unsaturated/α-hetero) is 1. The zero-order chi connectivity index (χ0) is 54.8. The maximum atomic E-state index is 15.7. The van der Waals surface area contributed by atoms with Crippen LogP contribution < -0.4 is 16.0 Å². The predicted octanol–water partition coefficient (Wildman–Crippen LogP) is 1.84. The zero-order valence-corrected chi connectivity index (χ0v) is 42.6. The van der Waals surface area contributed by atoms with Crippen LogP contribution in [-0.4, -0.2) is 144 Å². The number of nitrogens with one attached hydrogen (secondary N) is 3. The van der Waals surface area contributed by atoms with Crippen molar-refractivity contribution in [1.82, 2.24) is 16.0 Å². The molecule has 23 heteroatoms. The number of carbonyl (C=O) groups excluding carboxylic acids is 8. The summed E-state index contributed by atoms with van der Waals surface area (Å²) in [6.45, 7) is 5.92. The maximum Gasteiger partial charge on any atom is 0.350 e. The van der Waals surface area contributed by atoms with Crippen LogP contribution in [-0.2, 0) is 67.3 Å². The van der Waals surface area contributed by atoms with Gasteiger partial charge in [-0.3, -0.25) is 38.6 Å². The molecule has 3 aliphatic carbocycles. The molecule has 0 spiro atoms. The first kappa shape index (κ1) is 55.9. The topological polar surface area (TPSA) is 323 Å². The second-order valence-electron chi connectivity index (χ2n) is 19.7. The Morgan fingerprint density at radius 3 is 1.99 bits per heavy atom. The molecular weight excluding hydrogens is 1000 g/mol. The summed E-state index contributed by atoms with van der Waals surface area (Å²) in [7, 11) is -4.51. The minimum absolute atomic E-state index is 0.00320. The summed E-state index contributed by atoms with van der Waals surface area (Å²) in [5, 5.41) is 33.2. The number of aliphatic hydroxyl groups is 2. The number of ether oxygens (including phenoxy) is 6. The van der Waals surface area contributed by atoms with Crippen LogP contribution in [0.25, 0.3) is 0 Å². The van der Waals surface area contributed by atoms with Crippen molar-refractivity contribution in [3.8, 4) is 0 Å². The Morgan fingerprint density at radius 1 is 0.827 bits per heavy atom. The minimum Gasteiger partial charge on any atom is -0.455 e. The van der Waals surface area contributed by atoms with Crippen LogP contribution in [0.15, 0.2) is 102 Å². The van der Waals surface area contributed by atoms with Gasteiger partial charge in [0.1, 0.15) is 42.4 Å². The van der Waals surface area contributed by atoms with Gasteiger partial charge in [0, 0.05) is 37.7 Å². The lowest BCUT2D eigenvalue weighted by atomic mass is 9.44. The Hall–Kier alpha value is -6.89. The van der Waals surface area contributed by atoms with Gasteiger partial charge < -0.3 is 49.3 Å². The fourth-order valence-electron chi connectivity index (χ4n) is 11.0. The Balaban J connectivity index is 1.38. The summed E-state index contributed by atoms with van der Waals surface area (Å²) in [5.74, 6) is -10.7. The molecule has 7 rings (SSSR count). The van der Waals surface area contributed by atoms with E-state index in [0.29, 0.717) is 0 Å². The van der Waals surface area contributed by atoms with Crippen molar-refractivity contribution >= 4 is 57.6 Å². The molecule has 0 radical (unpaired) electrons. The fraction of sp³-hybridized carbons (Fsp3) is 0.462. The highest BCUT2D eigenvalue weighted by atomic mass is 32.2. The molecular formula is C52H59N3O19S. The van der Waals surface area contributed by atoms with Crippen LogP contribution in [0.1, 0.15) is 86.7 Å². The van der Waals surface area contributed by atoms with Crippen LogP contribution in [0.4, 0.5) is 0 Å². The van der Waals surface area contributed by atoms with Gasteiger partial charge in [-0.15, -0.1) is 0 Å². The molecule has 4 aliphatic rings. The van der Waals surface area contributed by atoms with Crippen molar-refractivity contribution in [2.24, 2.45) is 16.7 Å². The van der Waals surface area contributed by atoms with E-state index in [1.54, 1.807) is 54.6 Å². The number of aliphatic hydroxyl groups excluding tert-OH is 1. The maximum absolute atomic E-state index is 15.7. The molecule has 0 aromatic heterocycles. The van der Waals surface area contributed by atoms with E-state index < -0.39 is 160 Å². The van der Waals surface area contributed by atoms with Gasteiger partial charge in [-0.1, -0.05) is 80.6 Å². The molecule has 1 heterocycles. The zero-order valence-electron chi connectivity index (χ0n) is 41.8. The highest BCUT2D eigenvalue weighted by Gasteiger charge is 2.78. The molecule has 6 N–H and O–H groups in total. The third-order valence-electron chi connectivity index (χ3n) is 14.7. The van der Waals surface area contributed by atoms with Crippen LogP contribution in [0.5, 0.6) is 0 Å².